The van der Waals surface area contributed by atoms with E-state index >= 15 is 0 Å². The van der Waals surface area contributed by atoms with Crippen LogP contribution in [0.15, 0.2) is 34.6 Å². The van der Waals surface area contributed by atoms with E-state index in [2.05, 4.69) is 23.6 Å². The zero-order chi connectivity index (χ0) is 20.7. The molecule has 0 aliphatic carbocycles. The van der Waals surface area contributed by atoms with E-state index in [0.29, 0.717) is 31.3 Å². The van der Waals surface area contributed by atoms with Crippen molar-refractivity contribution < 1.29 is 14.0 Å². The number of fused-ring (bicyclic) bond motifs is 3. The fourth-order valence-electron chi connectivity index (χ4n) is 3.98. The molecule has 3 aromatic rings. The predicted molar refractivity (Wildman–Crippen MR) is 112 cm³/mol. The van der Waals surface area contributed by atoms with Crippen LogP contribution in [0, 0.1) is 0 Å². The molecule has 2 aliphatic heterocycles. The first-order valence-corrected chi connectivity index (χ1v) is 10.3. The molecule has 1 saturated heterocycles. The van der Waals surface area contributed by atoms with Gasteiger partial charge < -0.3 is 19.3 Å². The van der Waals surface area contributed by atoms with Gasteiger partial charge in [0.2, 0.25) is 5.89 Å². The molecule has 0 unspecified atom stereocenters. The molecule has 0 bridgehead atoms. The third-order valence-corrected chi connectivity index (χ3v) is 5.60. The number of allylic oxidation sites excluding steroid dienone is 2. The number of hydrogen-bond donors (Lipinski definition) is 1. The molecule has 0 spiro atoms. The van der Waals surface area contributed by atoms with E-state index in [-0.39, 0.29) is 5.92 Å². The number of aromatic nitrogens is 4. The standard InChI is InChI=1S/C22H25N5O3/c1-4-5-16(21-24-22(30-26-21)14-11-29-12-14)19-8-13-10-27(2)25-20(13)17-9-15(28-3)6-7-18(17)23-19/h6-7,9-10,14,23H,4-5,8,11-12H2,1-3H3/b19-16+. The Morgan fingerprint density at radius 2 is 2.20 bits per heavy atom. The summed E-state index contributed by atoms with van der Waals surface area (Å²) in [5, 5.41) is 12.7. The van der Waals surface area contributed by atoms with Crippen LogP contribution in [0.2, 0.25) is 0 Å². The Balaban J connectivity index is 1.62. The van der Waals surface area contributed by atoms with Crippen LogP contribution in [0.3, 0.4) is 0 Å². The summed E-state index contributed by atoms with van der Waals surface area (Å²) in [6.07, 6.45) is 4.62. The van der Waals surface area contributed by atoms with E-state index in [0.717, 1.165) is 52.4 Å². The second kappa shape index (κ2) is 7.60. The zero-order valence-corrected chi connectivity index (χ0v) is 17.4. The fourth-order valence-corrected chi connectivity index (χ4v) is 3.98. The molecule has 0 saturated carbocycles. The van der Waals surface area contributed by atoms with Crippen LogP contribution in [-0.2, 0) is 18.2 Å². The molecule has 5 rings (SSSR count). The van der Waals surface area contributed by atoms with Gasteiger partial charge in [0.1, 0.15) is 5.75 Å². The quantitative estimate of drug-likeness (QED) is 0.689. The second-order valence-corrected chi connectivity index (χ2v) is 7.79. The monoisotopic (exact) mass is 407 g/mol. The summed E-state index contributed by atoms with van der Waals surface area (Å²) < 4.78 is 18.1. The van der Waals surface area contributed by atoms with Crippen molar-refractivity contribution in [3.63, 3.8) is 0 Å². The third kappa shape index (κ3) is 3.27. The molecule has 1 N–H and O–H groups in total. The maximum atomic E-state index is 5.56. The summed E-state index contributed by atoms with van der Waals surface area (Å²) in [5.41, 5.74) is 6.28. The van der Waals surface area contributed by atoms with Crippen LogP contribution in [-0.4, -0.2) is 40.2 Å². The van der Waals surface area contributed by atoms with Crippen molar-refractivity contribution in [1.29, 1.82) is 0 Å². The molecular formula is C22H25N5O3. The summed E-state index contributed by atoms with van der Waals surface area (Å²) in [7, 11) is 3.63. The third-order valence-electron chi connectivity index (χ3n) is 5.60. The lowest BCUT2D eigenvalue weighted by Crippen LogP contribution is -2.25. The van der Waals surface area contributed by atoms with Crippen LogP contribution < -0.4 is 10.1 Å². The second-order valence-electron chi connectivity index (χ2n) is 7.79. The van der Waals surface area contributed by atoms with Crippen molar-refractivity contribution in [1.82, 2.24) is 19.9 Å². The lowest BCUT2D eigenvalue weighted by atomic mass is 10.0. The highest BCUT2D eigenvalue weighted by Gasteiger charge is 2.29. The van der Waals surface area contributed by atoms with E-state index in [1.54, 1.807) is 7.11 Å². The van der Waals surface area contributed by atoms with Gasteiger partial charge in [0.25, 0.3) is 0 Å². The molecule has 4 heterocycles. The van der Waals surface area contributed by atoms with Crippen molar-refractivity contribution in [3.8, 4) is 17.0 Å². The van der Waals surface area contributed by atoms with Crippen molar-refractivity contribution in [2.45, 2.75) is 32.1 Å². The number of nitrogens with zero attached hydrogens (tertiary/aromatic N) is 4. The molecule has 30 heavy (non-hydrogen) atoms. The first-order chi connectivity index (χ1) is 14.7. The van der Waals surface area contributed by atoms with Gasteiger partial charge in [0, 0.05) is 47.7 Å². The van der Waals surface area contributed by atoms with E-state index < -0.39 is 0 Å². The Kier molecular flexibility index (Phi) is 4.78. The van der Waals surface area contributed by atoms with Crippen molar-refractivity contribution in [2.24, 2.45) is 7.05 Å². The first-order valence-electron chi connectivity index (χ1n) is 10.3. The summed E-state index contributed by atoms with van der Waals surface area (Å²) >= 11 is 0. The van der Waals surface area contributed by atoms with Crippen molar-refractivity contribution in [2.75, 3.05) is 25.6 Å². The lowest BCUT2D eigenvalue weighted by molar-refractivity contribution is -0.00445. The van der Waals surface area contributed by atoms with Gasteiger partial charge in [-0.2, -0.15) is 10.1 Å². The highest BCUT2D eigenvalue weighted by molar-refractivity contribution is 5.84. The Bertz CT molecular complexity index is 1110. The van der Waals surface area contributed by atoms with Crippen LogP contribution in [0.4, 0.5) is 5.69 Å². The Morgan fingerprint density at radius 1 is 1.33 bits per heavy atom. The van der Waals surface area contributed by atoms with Crippen LogP contribution >= 0.6 is 0 Å². The SMILES string of the molecule is CCC/C(=C1/Cc2cn(C)nc2-c2cc(OC)ccc2N1)c1noc(C2COC2)n1. The maximum absolute atomic E-state index is 5.56. The van der Waals surface area contributed by atoms with E-state index in [9.17, 15) is 0 Å². The molecule has 156 valence electrons. The average molecular weight is 407 g/mol. The van der Waals surface area contributed by atoms with Crippen LogP contribution in [0.25, 0.3) is 16.8 Å². The molecule has 0 amide bonds. The van der Waals surface area contributed by atoms with Gasteiger partial charge in [-0.1, -0.05) is 18.5 Å². The molecule has 8 nitrogen and oxygen atoms in total. The fraction of sp³-hybridized carbons (Fsp3) is 0.409. The van der Waals surface area contributed by atoms with Gasteiger partial charge in [-0.05, 0) is 24.6 Å². The molecular weight excluding hydrogens is 382 g/mol. The van der Waals surface area contributed by atoms with Crippen molar-refractivity contribution in [3.05, 3.63) is 47.4 Å². The molecule has 1 aromatic carbocycles. The number of hydrogen-bond acceptors (Lipinski definition) is 7. The summed E-state index contributed by atoms with van der Waals surface area (Å²) in [4.78, 5) is 4.71. The summed E-state index contributed by atoms with van der Waals surface area (Å²) in [5.74, 6) is 2.33. The molecule has 2 aromatic heterocycles. The van der Waals surface area contributed by atoms with Gasteiger partial charge in [-0.25, -0.2) is 0 Å². The number of aryl methyl sites for hydroxylation is 1. The molecule has 2 aliphatic rings. The minimum atomic E-state index is 0.208. The van der Waals surface area contributed by atoms with E-state index in [1.807, 2.05) is 29.9 Å². The zero-order valence-electron chi connectivity index (χ0n) is 17.4. The maximum Gasteiger partial charge on any atom is 0.234 e. The molecule has 8 heteroatoms. The normalized spacial score (nSPS) is 17.4. The largest absolute Gasteiger partial charge is 0.497 e. The topological polar surface area (TPSA) is 87.2 Å². The minimum Gasteiger partial charge on any atom is -0.497 e. The van der Waals surface area contributed by atoms with Crippen LogP contribution in [0.1, 0.15) is 43.0 Å². The number of nitrogens with one attached hydrogen (secondary N) is 1. The minimum absolute atomic E-state index is 0.208. The van der Waals surface area contributed by atoms with Crippen LogP contribution in [0.5, 0.6) is 5.75 Å². The number of anilines is 1. The number of rotatable bonds is 5. The predicted octanol–water partition coefficient (Wildman–Crippen LogP) is 3.77. The van der Waals surface area contributed by atoms with Gasteiger partial charge in [0.05, 0.1) is 31.9 Å². The van der Waals surface area contributed by atoms with E-state index in [4.69, 9.17) is 24.1 Å². The smallest absolute Gasteiger partial charge is 0.234 e. The Hall–Kier alpha value is -3.13. The van der Waals surface area contributed by atoms with Gasteiger partial charge in [-0.15, -0.1) is 0 Å². The molecule has 0 radical (unpaired) electrons. The van der Waals surface area contributed by atoms with Crippen molar-refractivity contribution >= 4 is 11.3 Å². The summed E-state index contributed by atoms with van der Waals surface area (Å²) in [6.45, 7) is 3.45. The molecule has 1 fully saturated rings. The number of benzene rings is 1. The highest BCUT2D eigenvalue weighted by atomic mass is 16.5. The lowest BCUT2D eigenvalue weighted by Gasteiger charge is -2.21. The molecule has 0 atom stereocenters. The number of ether oxygens (including phenoxy) is 2. The summed E-state index contributed by atoms with van der Waals surface area (Å²) in [6, 6.07) is 6.02. The highest BCUT2D eigenvalue weighted by Crippen LogP contribution is 2.39. The Labute approximate surface area is 174 Å². The first kappa shape index (κ1) is 18.9. The number of methoxy groups -OCH3 is 1. The van der Waals surface area contributed by atoms with Gasteiger partial charge >= 0.3 is 0 Å². The van der Waals surface area contributed by atoms with Gasteiger partial charge in [0.15, 0.2) is 5.82 Å². The Morgan fingerprint density at radius 3 is 2.93 bits per heavy atom. The van der Waals surface area contributed by atoms with E-state index in [1.165, 1.54) is 0 Å². The van der Waals surface area contributed by atoms with Gasteiger partial charge in [-0.3, -0.25) is 4.68 Å². The average Bonchev–Trinajstić information content (AvgIpc) is 3.28.